The summed E-state index contributed by atoms with van der Waals surface area (Å²) < 4.78 is 9.93. The van der Waals surface area contributed by atoms with Crippen LogP contribution in [0.25, 0.3) is 0 Å². The molecule has 0 aromatic heterocycles. The van der Waals surface area contributed by atoms with Crippen LogP contribution in [-0.2, 0) is 19.1 Å². The Kier molecular flexibility index (Phi) is 8.79. The monoisotopic (exact) mass is 296 g/mol. The average Bonchev–Trinajstić information content (AvgIpc) is 2.81. The first-order chi connectivity index (χ1) is 10.2. The Bertz CT molecular complexity index is 338. The third-order valence-electron chi connectivity index (χ3n) is 3.90. The van der Waals surface area contributed by atoms with Gasteiger partial charge in [-0.25, -0.2) is 0 Å². The van der Waals surface area contributed by atoms with Crippen molar-refractivity contribution in [3.05, 3.63) is 12.7 Å². The zero-order valence-corrected chi connectivity index (χ0v) is 13.1. The second-order valence-corrected chi connectivity index (χ2v) is 5.65. The number of esters is 2. The van der Waals surface area contributed by atoms with Crippen LogP contribution in [0.15, 0.2) is 12.7 Å². The van der Waals surface area contributed by atoms with E-state index in [1.165, 1.54) is 0 Å². The fourth-order valence-electron chi connectivity index (χ4n) is 2.59. The first kappa shape index (κ1) is 17.7. The largest absolute Gasteiger partial charge is 0.465 e. The van der Waals surface area contributed by atoms with Crippen LogP contribution in [0.5, 0.6) is 0 Å². The van der Waals surface area contributed by atoms with Gasteiger partial charge in [0.2, 0.25) is 0 Å². The van der Waals surface area contributed by atoms with Crippen LogP contribution < -0.4 is 0 Å². The molecule has 0 radical (unpaired) electrons. The van der Waals surface area contributed by atoms with Gasteiger partial charge in [-0.05, 0) is 44.9 Å². The van der Waals surface area contributed by atoms with Gasteiger partial charge in [0.1, 0.15) is 0 Å². The summed E-state index contributed by atoms with van der Waals surface area (Å²) >= 11 is 0. The first-order valence-electron chi connectivity index (χ1n) is 8.14. The SMILES string of the molecule is C=CC1CCCCOC1=O.CCCC1CCCCOC1=O. The second kappa shape index (κ2) is 10.4. The van der Waals surface area contributed by atoms with Crippen LogP contribution in [0.4, 0.5) is 0 Å². The number of carbonyl (C=O) groups excluding carboxylic acids is 2. The molecule has 2 rings (SSSR count). The minimum Gasteiger partial charge on any atom is -0.465 e. The Morgan fingerprint density at radius 1 is 1.05 bits per heavy atom. The number of cyclic esters (lactones) is 2. The Balaban J connectivity index is 0.000000211. The van der Waals surface area contributed by atoms with E-state index in [9.17, 15) is 9.59 Å². The number of hydrogen-bond acceptors (Lipinski definition) is 4. The van der Waals surface area contributed by atoms with E-state index in [1.54, 1.807) is 6.08 Å². The molecule has 2 aliphatic heterocycles. The van der Waals surface area contributed by atoms with Gasteiger partial charge in [0.25, 0.3) is 0 Å². The Morgan fingerprint density at radius 2 is 1.67 bits per heavy atom. The zero-order valence-electron chi connectivity index (χ0n) is 13.1. The van der Waals surface area contributed by atoms with Crippen molar-refractivity contribution in [3.8, 4) is 0 Å². The maximum atomic E-state index is 11.2. The van der Waals surface area contributed by atoms with E-state index in [1.807, 2.05) is 0 Å². The van der Waals surface area contributed by atoms with Gasteiger partial charge in [-0.2, -0.15) is 0 Å². The quantitative estimate of drug-likeness (QED) is 0.589. The fraction of sp³-hybridized carbons (Fsp3) is 0.765. The lowest BCUT2D eigenvalue weighted by Gasteiger charge is -2.09. The highest BCUT2D eigenvalue weighted by molar-refractivity contribution is 5.74. The molecule has 2 heterocycles. The summed E-state index contributed by atoms with van der Waals surface area (Å²) in [6.45, 7) is 6.91. The van der Waals surface area contributed by atoms with E-state index in [-0.39, 0.29) is 23.8 Å². The first-order valence-corrected chi connectivity index (χ1v) is 8.14. The molecule has 2 atom stereocenters. The molecule has 0 amide bonds. The van der Waals surface area contributed by atoms with E-state index in [2.05, 4.69) is 13.5 Å². The summed E-state index contributed by atoms with van der Waals surface area (Å²) in [5.74, 6) is 0.0712. The molecule has 4 nitrogen and oxygen atoms in total. The molecule has 0 aliphatic carbocycles. The molecule has 0 N–H and O–H groups in total. The fourth-order valence-corrected chi connectivity index (χ4v) is 2.59. The summed E-state index contributed by atoms with van der Waals surface area (Å²) in [6.07, 6.45) is 9.96. The van der Waals surface area contributed by atoms with Gasteiger partial charge in [0, 0.05) is 0 Å². The maximum absolute atomic E-state index is 11.2. The number of ether oxygens (including phenoxy) is 2. The minimum atomic E-state index is -0.104. The molecule has 120 valence electrons. The minimum absolute atomic E-state index is 0.0318. The summed E-state index contributed by atoms with van der Waals surface area (Å²) in [5, 5.41) is 0. The van der Waals surface area contributed by atoms with Crippen LogP contribution in [0.2, 0.25) is 0 Å². The smallest absolute Gasteiger partial charge is 0.312 e. The normalized spacial score (nSPS) is 26.3. The van der Waals surface area contributed by atoms with Crippen LogP contribution in [-0.4, -0.2) is 25.2 Å². The standard InChI is InChI=1S/C9H16O2.C8H12O2/c1-2-5-8-6-3-4-7-11-9(8)10;1-2-7-5-3-4-6-10-8(7)9/h8H,2-7H2,1H3;2,7H,1,3-6H2. The highest BCUT2D eigenvalue weighted by Crippen LogP contribution is 2.19. The molecule has 21 heavy (non-hydrogen) atoms. The van der Waals surface area contributed by atoms with E-state index >= 15 is 0 Å². The van der Waals surface area contributed by atoms with Gasteiger partial charge in [-0.1, -0.05) is 19.4 Å². The topological polar surface area (TPSA) is 52.6 Å². The lowest BCUT2D eigenvalue weighted by atomic mass is 9.98. The molecule has 0 aromatic rings. The number of hydrogen-bond donors (Lipinski definition) is 0. The summed E-state index contributed by atoms with van der Waals surface area (Å²) in [4.78, 5) is 22.1. The Labute approximate surface area is 127 Å². The summed E-state index contributed by atoms with van der Waals surface area (Å²) in [5.41, 5.74) is 0. The zero-order chi connectivity index (χ0) is 15.5. The van der Waals surface area contributed by atoms with Gasteiger partial charge < -0.3 is 9.47 Å². The molecule has 0 bridgehead atoms. The number of carbonyl (C=O) groups is 2. The van der Waals surface area contributed by atoms with Crippen molar-refractivity contribution in [3.63, 3.8) is 0 Å². The number of rotatable bonds is 3. The molecule has 4 heteroatoms. The van der Waals surface area contributed by atoms with Crippen molar-refractivity contribution in [1.82, 2.24) is 0 Å². The average molecular weight is 296 g/mol. The third-order valence-corrected chi connectivity index (χ3v) is 3.90. The molecule has 2 unspecified atom stereocenters. The molecule has 2 saturated heterocycles. The molecule has 0 aromatic carbocycles. The van der Waals surface area contributed by atoms with Gasteiger partial charge in [-0.15, -0.1) is 6.58 Å². The lowest BCUT2D eigenvalue weighted by Crippen LogP contribution is -2.14. The molecule has 0 spiro atoms. The van der Waals surface area contributed by atoms with E-state index in [0.717, 1.165) is 51.4 Å². The summed E-state index contributed by atoms with van der Waals surface area (Å²) in [6, 6.07) is 0. The predicted octanol–water partition coefficient (Wildman–Crippen LogP) is 3.65. The molecule has 2 aliphatic rings. The van der Waals surface area contributed by atoms with Crippen LogP contribution in [0, 0.1) is 11.8 Å². The van der Waals surface area contributed by atoms with E-state index in [4.69, 9.17) is 9.47 Å². The lowest BCUT2D eigenvalue weighted by molar-refractivity contribution is -0.148. The molecular formula is C17H28O4. The van der Waals surface area contributed by atoms with Gasteiger partial charge >= 0.3 is 11.9 Å². The third kappa shape index (κ3) is 6.78. The van der Waals surface area contributed by atoms with Crippen LogP contribution >= 0.6 is 0 Å². The van der Waals surface area contributed by atoms with Crippen molar-refractivity contribution < 1.29 is 19.1 Å². The molecule has 2 fully saturated rings. The summed E-state index contributed by atoms with van der Waals surface area (Å²) in [7, 11) is 0. The van der Waals surface area contributed by atoms with Gasteiger partial charge in [-0.3, -0.25) is 9.59 Å². The van der Waals surface area contributed by atoms with Gasteiger partial charge in [0.15, 0.2) is 0 Å². The second-order valence-electron chi connectivity index (χ2n) is 5.65. The highest BCUT2D eigenvalue weighted by Gasteiger charge is 2.21. The van der Waals surface area contributed by atoms with E-state index in [0.29, 0.717) is 13.2 Å². The maximum Gasteiger partial charge on any atom is 0.312 e. The Morgan fingerprint density at radius 3 is 2.29 bits per heavy atom. The van der Waals surface area contributed by atoms with Gasteiger partial charge in [0.05, 0.1) is 25.0 Å². The van der Waals surface area contributed by atoms with Crippen molar-refractivity contribution in [2.75, 3.05) is 13.2 Å². The van der Waals surface area contributed by atoms with Crippen LogP contribution in [0.3, 0.4) is 0 Å². The van der Waals surface area contributed by atoms with Crippen molar-refractivity contribution in [2.45, 2.75) is 58.3 Å². The van der Waals surface area contributed by atoms with Crippen molar-refractivity contribution in [2.24, 2.45) is 11.8 Å². The predicted molar refractivity (Wildman–Crippen MR) is 81.7 cm³/mol. The Hall–Kier alpha value is -1.32. The highest BCUT2D eigenvalue weighted by atomic mass is 16.5. The molecular weight excluding hydrogens is 268 g/mol. The van der Waals surface area contributed by atoms with Crippen molar-refractivity contribution >= 4 is 11.9 Å². The molecule has 0 saturated carbocycles. The van der Waals surface area contributed by atoms with Crippen molar-refractivity contribution in [1.29, 1.82) is 0 Å². The van der Waals surface area contributed by atoms with Crippen LogP contribution in [0.1, 0.15) is 58.3 Å². The van der Waals surface area contributed by atoms with E-state index < -0.39 is 0 Å².